The second-order valence-electron chi connectivity index (χ2n) is 3.92. The molecule has 0 aromatic heterocycles. The van der Waals surface area contributed by atoms with Crippen LogP contribution in [0.4, 0.5) is 8.78 Å². The third-order valence-electron chi connectivity index (χ3n) is 2.96. The molecule has 1 aromatic rings. The maximum atomic E-state index is 13.4. The van der Waals surface area contributed by atoms with Gasteiger partial charge in [-0.25, -0.2) is 13.6 Å². The molecule has 0 radical (unpaired) electrons. The Labute approximate surface area is 95.4 Å². The molecular formula is C11H10F2O4. The molecule has 2 atom stereocenters. The van der Waals surface area contributed by atoms with Gasteiger partial charge in [-0.15, -0.1) is 0 Å². The SMILES string of the molecule is COC(=O)C1(O)Cc2c(F)ccc(F)c2C1O. The summed E-state index contributed by atoms with van der Waals surface area (Å²) < 4.78 is 31.2. The van der Waals surface area contributed by atoms with E-state index in [9.17, 15) is 23.8 Å². The minimum atomic E-state index is -2.33. The fourth-order valence-electron chi connectivity index (χ4n) is 2.05. The van der Waals surface area contributed by atoms with Crippen molar-refractivity contribution in [3.8, 4) is 0 Å². The van der Waals surface area contributed by atoms with Crippen molar-refractivity contribution in [2.75, 3.05) is 7.11 Å². The topological polar surface area (TPSA) is 66.8 Å². The summed E-state index contributed by atoms with van der Waals surface area (Å²) in [4.78, 5) is 11.4. The van der Waals surface area contributed by atoms with Crippen LogP contribution in [-0.4, -0.2) is 28.9 Å². The van der Waals surface area contributed by atoms with Gasteiger partial charge in [0.2, 0.25) is 0 Å². The van der Waals surface area contributed by atoms with Gasteiger partial charge in [0, 0.05) is 17.5 Å². The van der Waals surface area contributed by atoms with Gasteiger partial charge in [0.15, 0.2) is 5.60 Å². The van der Waals surface area contributed by atoms with Crippen LogP contribution in [0, 0.1) is 11.6 Å². The molecule has 0 saturated heterocycles. The Morgan fingerprint density at radius 3 is 2.59 bits per heavy atom. The molecule has 17 heavy (non-hydrogen) atoms. The molecule has 2 N–H and O–H groups in total. The number of hydrogen-bond donors (Lipinski definition) is 2. The fraction of sp³-hybridized carbons (Fsp3) is 0.364. The number of ether oxygens (including phenoxy) is 1. The molecule has 0 amide bonds. The molecule has 92 valence electrons. The number of carbonyl (C=O) groups excluding carboxylic acids is 1. The molecule has 0 saturated carbocycles. The van der Waals surface area contributed by atoms with Gasteiger partial charge in [0.05, 0.1) is 7.11 Å². The number of fused-ring (bicyclic) bond motifs is 1. The van der Waals surface area contributed by atoms with E-state index in [2.05, 4.69) is 4.74 Å². The molecule has 1 aromatic carbocycles. The Hall–Kier alpha value is -1.53. The molecule has 2 unspecified atom stereocenters. The fourth-order valence-corrected chi connectivity index (χ4v) is 2.05. The second-order valence-corrected chi connectivity index (χ2v) is 3.92. The summed E-state index contributed by atoms with van der Waals surface area (Å²) >= 11 is 0. The third-order valence-corrected chi connectivity index (χ3v) is 2.96. The normalized spacial score (nSPS) is 26.8. The van der Waals surface area contributed by atoms with E-state index in [4.69, 9.17) is 0 Å². The van der Waals surface area contributed by atoms with Crippen molar-refractivity contribution in [2.24, 2.45) is 0 Å². The van der Waals surface area contributed by atoms with Crippen molar-refractivity contribution in [3.63, 3.8) is 0 Å². The van der Waals surface area contributed by atoms with Gasteiger partial charge in [-0.3, -0.25) is 0 Å². The molecule has 1 aliphatic carbocycles. The van der Waals surface area contributed by atoms with Gasteiger partial charge in [-0.2, -0.15) is 0 Å². The lowest BCUT2D eigenvalue weighted by Crippen LogP contribution is -2.43. The number of rotatable bonds is 1. The van der Waals surface area contributed by atoms with E-state index in [1.807, 2.05) is 0 Å². The highest BCUT2D eigenvalue weighted by Crippen LogP contribution is 2.42. The van der Waals surface area contributed by atoms with Crippen LogP contribution in [0.15, 0.2) is 12.1 Å². The maximum Gasteiger partial charge on any atom is 0.341 e. The zero-order valence-corrected chi connectivity index (χ0v) is 8.91. The van der Waals surface area contributed by atoms with E-state index in [1.54, 1.807) is 0 Å². The van der Waals surface area contributed by atoms with Gasteiger partial charge in [0.25, 0.3) is 0 Å². The van der Waals surface area contributed by atoms with Crippen molar-refractivity contribution in [1.29, 1.82) is 0 Å². The number of aliphatic hydroxyl groups excluding tert-OH is 1. The molecule has 0 fully saturated rings. The Morgan fingerprint density at radius 2 is 2.06 bits per heavy atom. The minimum absolute atomic E-state index is 0.203. The minimum Gasteiger partial charge on any atom is -0.467 e. The number of methoxy groups -OCH3 is 1. The molecule has 1 aliphatic rings. The zero-order chi connectivity index (χ0) is 12.8. The summed E-state index contributed by atoms with van der Waals surface area (Å²) in [6.07, 6.45) is -2.35. The van der Waals surface area contributed by atoms with E-state index < -0.39 is 41.3 Å². The van der Waals surface area contributed by atoms with Crippen LogP contribution in [0.5, 0.6) is 0 Å². The first-order chi connectivity index (χ1) is 7.91. The van der Waals surface area contributed by atoms with Gasteiger partial charge in [0.1, 0.15) is 17.7 Å². The predicted octanol–water partition coefficient (Wildman–Crippen LogP) is 0.458. The smallest absolute Gasteiger partial charge is 0.341 e. The quantitative estimate of drug-likeness (QED) is 0.704. The van der Waals surface area contributed by atoms with E-state index in [1.165, 1.54) is 0 Å². The number of halogens is 2. The molecular weight excluding hydrogens is 234 g/mol. The average Bonchev–Trinajstić information content (AvgIpc) is 2.59. The van der Waals surface area contributed by atoms with Crippen molar-refractivity contribution in [2.45, 2.75) is 18.1 Å². The Morgan fingerprint density at radius 1 is 1.47 bits per heavy atom. The van der Waals surface area contributed by atoms with Crippen LogP contribution >= 0.6 is 0 Å². The largest absolute Gasteiger partial charge is 0.467 e. The van der Waals surface area contributed by atoms with Gasteiger partial charge >= 0.3 is 5.97 Å². The van der Waals surface area contributed by atoms with Gasteiger partial charge < -0.3 is 14.9 Å². The predicted molar refractivity (Wildman–Crippen MR) is 52.0 cm³/mol. The number of esters is 1. The van der Waals surface area contributed by atoms with Crippen LogP contribution in [0.3, 0.4) is 0 Å². The van der Waals surface area contributed by atoms with Crippen molar-refractivity contribution < 1.29 is 28.5 Å². The molecule has 2 rings (SSSR count). The van der Waals surface area contributed by atoms with Crippen LogP contribution in [0.25, 0.3) is 0 Å². The standard InChI is InChI=1S/C11H10F2O4/c1-17-10(15)11(16)4-5-6(12)2-3-7(13)8(5)9(11)14/h2-3,9,14,16H,4H2,1H3. The molecule has 0 heterocycles. The highest BCUT2D eigenvalue weighted by atomic mass is 19.1. The van der Waals surface area contributed by atoms with Crippen LogP contribution in [0.1, 0.15) is 17.2 Å². The number of hydrogen-bond acceptors (Lipinski definition) is 4. The monoisotopic (exact) mass is 244 g/mol. The lowest BCUT2D eigenvalue weighted by molar-refractivity contribution is -0.173. The van der Waals surface area contributed by atoms with Gasteiger partial charge in [-0.05, 0) is 12.1 Å². The number of aliphatic hydroxyl groups is 2. The lowest BCUT2D eigenvalue weighted by atomic mass is 9.98. The Kier molecular flexibility index (Phi) is 2.63. The van der Waals surface area contributed by atoms with Crippen molar-refractivity contribution in [3.05, 3.63) is 34.9 Å². The zero-order valence-electron chi connectivity index (χ0n) is 8.91. The summed E-state index contributed by atoms with van der Waals surface area (Å²) in [5.41, 5.74) is -2.93. The van der Waals surface area contributed by atoms with E-state index in [0.29, 0.717) is 0 Å². The molecule has 0 bridgehead atoms. The molecule has 0 aliphatic heterocycles. The third kappa shape index (κ3) is 1.52. The van der Waals surface area contributed by atoms with Crippen molar-refractivity contribution >= 4 is 5.97 Å². The van der Waals surface area contributed by atoms with Crippen molar-refractivity contribution in [1.82, 2.24) is 0 Å². The second kappa shape index (κ2) is 3.75. The first-order valence-electron chi connectivity index (χ1n) is 4.87. The first-order valence-corrected chi connectivity index (χ1v) is 4.87. The highest BCUT2D eigenvalue weighted by Gasteiger charge is 2.53. The lowest BCUT2D eigenvalue weighted by Gasteiger charge is -2.23. The summed E-state index contributed by atoms with van der Waals surface area (Å²) in [7, 11) is 1.02. The first kappa shape index (κ1) is 11.9. The Bertz CT molecular complexity index is 489. The van der Waals surface area contributed by atoms with E-state index in [0.717, 1.165) is 19.2 Å². The summed E-state index contributed by atoms with van der Waals surface area (Å²) in [6, 6.07) is 1.71. The number of benzene rings is 1. The highest BCUT2D eigenvalue weighted by molar-refractivity contribution is 5.82. The van der Waals surface area contributed by atoms with Gasteiger partial charge in [-0.1, -0.05) is 0 Å². The van der Waals surface area contributed by atoms with Crippen LogP contribution < -0.4 is 0 Å². The van der Waals surface area contributed by atoms with E-state index in [-0.39, 0.29) is 5.56 Å². The number of carbonyl (C=O) groups is 1. The molecule has 6 heteroatoms. The molecule has 4 nitrogen and oxygen atoms in total. The molecule has 0 spiro atoms. The Balaban J connectivity index is 2.56. The van der Waals surface area contributed by atoms with Crippen LogP contribution in [0.2, 0.25) is 0 Å². The maximum absolute atomic E-state index is 13.4. The summed E-state index contributed by atoms with van der Waals surface area (Å²) in [5, 5.41) is 19.7. The van der Waals surface area contributed by atoms with E-state index >= 15 is 0 Å². The average molecular weight is 244 g/mol. The summed E-state index contributed by atoms with van der Waals surface area (Å²) in [6.45, 7) is 0. The van der Waals surface area contributed by atoms with Crippen LogP contribution in [-0.2, 0) is 16.0 Å². The summed E-state index contributed by atoms with van der Waals surface area (Å²) in [5.74, 6) is -2.77.